The van der Waals surface area contributed by atoms with Gasteiger partial charge in [0.1, 0.15) is 11.6 Å². The Kier molecular flexibility index (Phi) is 9.05. The summed E-state index contributed by atoms with van der Waals surface area (Å²) in [5.74, 6) is 0.841. The number of methoxy groups -OCH3 is 2. The average molecular weight is 554 g/mol. The highest BCUT2D eigenvalue weighted by molar-refractivity contribution is 6.36. The van der Waals surface area contributed by atoms with Gasteiger partial charge in [0.15, 0.2) is 0 Å². The second-order valence-corrected chi connectivity index (χ2v) is 9.56. The number of halogens is 2. The Morgan fingerprint density at radius 2 is 1.79 bits per heavy atom. The first-order chi connectivity index (χ1) is 18.4. The first-order valence-electron chi connectivity index (χ1n) is 12.3. The average Bonchev–Trinajstić information content (AvgIpc) is 2.92. The Balaban J connectivity index is 1.92. The van der Waals surface area contributed by atoms with Crippen molar-refractivity contribution < 1.29 is 14.3 Å². The van der Waals surface area contributed by atoms with Gasteiger partial charge in [0, 0.05) is 25.3 Å². The highest BCUT2D eigenvalue weighted by Gasteiger charge is 2.30. The van der Waals surface area contributed by atoms with Crippen LogP contribution >= 0.6 is 23.2 Å². The molecule has 7 nitrogen and oxygen atoms in total. The van der Waals surface area contributed by atoms with Gasteiger partial charge in [-0.25, -0.2) is 4.98 Å². The second-order valence-electron chi connectivity index (χ2n) is 8.72. The summed E-state index contributed by atoms with van der Waals surface area (Å²) in [6, 6.07) is 18.7. The Morgan fingerprint density at radius 3 is 2.45 bits per heavy atom. The van der Waals surface area contributed by atoms with Crippen LogP contribution in [0.25, 0.3) is 16.6 Å². The molecule has 0 aliphatic carbocycles. The lowest BCUT2D eigenvalue weighted by atomic mass is 10.1. The van der Waals surface area contributed by atoms with E-state index in [4.69, 9.17) is 37.7 Å². The molecule has 0 saturated carbocycles. The van der Waals surface area contributed by atoms with E-state index in [1.165, 1.54) is 0 Å². The standard InChI is InChI=1S/C29H29Cl2N3O4/c1-4-26(33(16-7-17-37-2)28(35)22-15-10-19(30)18-24(22)31)27-32-25-9-6-5-8-23(25)29(36)34(27)20-11-13-21(38-3)14-12-20/h5-6,8-15,18,26H,4,7,16-17H2,1-3H3. The van der Waals surface area contributed by atoms with Gasteiger partial charge in [-0.15, -0.1) is 0 Å². The predicted octanol–water partition coefficient (Wildman–Crippen LogP) is 6.33. The summed E-state index contributed by atoms with van der Waals surface area (Å²) < 4.78 is 12.2. The van der Waals surface area contributed by atoms with Crippen molar-refractivity contribution >= 4 is 40.0 Å². The zero-order chi connectivity index (χ0) is 27.2. The third-order valence-electron chi connectivity index (χ3n) is 6.36. The summed E-state index contributed by atoms with van der Waals surface area (Å²) in [4.78, 5) is 34.5. The van der Waals surface area contributed by atoms with Crippen molar-refractivity contribution in [3.05, 3.63) is 98.5 Å². The molecule has 38 heavy (non-hydrogen) atoms. The topological polar surface area (TPSA) is 73.7 Å². The van der Waals surface area contributed by atoms with E-state index < -0.39 is 6.04 Å². The number of rotatable bonds is 10. The maximum atomic E-state index is 14.0. The van der Waals surface area contributed by atoms with Crippen LogP contribution in [0.15, 0.2) is 71.5 Å². The number of aromatic nitrogens is 2. The number of nitrogens with zero attached hydrogens (tertiary/aromatic N) is 3. The number of carbonyl (C=O) groups is 1. The number of para-hydroxylation sites is 1. The molecule has 4 aromatic rings. The number of hydrogen-bond donors (Lipinski definition) is 0. The smallest absolute Gasteiger partial charge is 0.266 e. The molecule has 1 amide bonds. The molecule has 0 bridgehead atoms. The van der Waals surface area contributed by atoms with Gasteiger partial charge in [-0.3, -0.25) is 14.2 Å². The van der Waals surface area contributed by atoms with Gasteiger partial charge in [0.25, 0.3) is 11.5 Å². The van der Waals surface area contributed by atoms with E-state index in [1.807, 2.05) is 19.1 Å². The molecular formula is C29H29Cl2N3O4. The van der Waals surface area contributed by atoms with E-state index in [-0.39, 0.29) is 16.5 Å². The van der Waals surface area contributed by atoms with E-state index in [2.05, 4.69) is 0 Å². The zero-order valence-corrected chi connectivity index (χ0v) is 23.0. The molecule has 0 radical (unpaired) electrons. The lowest BCUT2D eigenvalue weighted by Gasteiger charge is -2.32. The van der Waals surface area contributed by atoms with Crippen LogP contribution in [-0.2, 0) is 4.74 Å². The molecule has 1 heterocycles. The fraction of sp³-hybridized carbons (Fsp3) is 0.276. The Bertz CT molecular complexity index is 1490. The number of ether oxygens (including phenoxy) is 2. The maximum absolute atomic E-state index is 14.0. The van der Waals surface area contributed by atoms with Gasteiger partial charge in [-0.05, 0) is 67.4 Å². The molecule has 0 fully saturated rings. The van der Waals surface area contributed by atoms with Crippen LogP contribution in [0.1, 0.15) is 42.0 Å². The van der Waals surface area contributed by atoms with Crippen LogP contribution in [0.2, 0.25) is 10.0 Å². The number of fused-ring (bicyclic) bond motifs is 1. The molecule has 0 aliphatic rings. The SMILES string of the molecule is CCC(c1nc2ccccc2c(=O)n1-c1ccc(OC)cc1)N(CCCOC)C(=O)c1ccc(Cl)cc1Cl. The van der Waals surface area contributed by atoms with E-state index in [0.29, 0.717) is 64.7 Å². The van der Waals surface area contributed by atoms with E-state index in [9.17, 15) is 9.59 Å². The normalized spacial score (nSPS) is 11.9. The third kappa shape index (κ3) is 5.70. The highest BCUT2D eigenvalue weighted by Crippen LogP contribution is 2.30. The molecule has 0 spiro atoms. The number of benzene rings is 3. The molecule has 1 atom stereocenters. The molecule has 0 saturated heterocycles. The first-order valence-corrected chi connectivity index (χ1v) is 13.1. The molecule has 1 aromatic heterocycles. The lowest BCUT2D eigenvalue weighted by Crippen LogP contribution is -2.39. The van der Waals surface area contributed by atoms with Gasteiger partial charge >= 0.3 is 0 Å². The fourth-order valence-electron chi connectivity index (χ4n) is 4.49. The second kappa shape index (κ2) is 12.4. The van der Waals surface area contributed by atoms with Crippen LogP contribution in [0, 0.1) is 0 Å². The van der Waals surface area contributed by atoms with Crippen molar-refractivity contribution in [2.45, 2.75) is 25.8 Å². The zero-order valence-electron chi connectivity index (χ0n) is 21.5. The Morgan fingerprint density at radius 1 is 1.05 bits per heavy atom. The molecule has 0 N–H and O–H groups in total. The highest BCUT2D eigenvalue weighted by atomic mass is 35.5. The summed E-state index contributed by atoms with van der Waals surface area (Å²) in [5.41, 5.74) is 1.29. The molecule has 9 heteroatoms. The fourth-order valence-corrected chi connectivity index (χ4v) is 4.98. The molecule has 0 aliphatic heterocycles. The number of hydrogen-bond acceptors (Lipinski definition) is 5. The number of amides is 1. The third-order valence-corrected chi connectivity index (χ3v) is 6.91. The summed E-state index contributed by atoms with van der Waals surface area (Å²) >= 11 is 12.5. The van der Waals surface area contributed by atoms with E-state index in [1.54, 1.807) is 78.3 Å². The van der Waals surface area contributed by atoms with E-state index >= 15 is 0 Å². The molecule has 4 rings (SSSR count). The van der Waals surface area contributed by atoms with Crippen LogP contribution in [0.5, 0.6) is 5.75 Å². The Hall–Kier alpha value is -3.39. The quantitative estimate of drug-likeness (QED) is 0.214. The first kappa shape index (κ1) is 27.6. The lowest BCUT2D eigenvalue weighted by molar-refractivity contribution is 0.0634. The largest absolute Gasteiger partial charge is 0.497 e. The van der Waals surface area contributed by atoms with E-state index in [0.717, 1.165) is 0 Å². The van der Waals surface area contributed by atoms with Gasteiger partial charge < -0.3 is 14.4 Å². The molecule has 3 aromatic carbocycles. The van der Waals surface area contributed by atoms with Gasteiger partial charge in [-0.1, -0.05) is 42.3 Å². The summed E-state index contributed by atoms with van der Waals surface area (Å²) in [7, 11) is 3.20. The van der Waals surface area contributed by atoms with Crippen LogP contribution in [-0.4, -0.2) is 47.7 Å². The minimum Gasteiger partial charge on any atom is -0.497 e. The van der Waals surface area contributed by atoms with Crippen molar-refractivity contribution in [1.82, 2.24) is 14.5 Å². The minimum absolute atomic E-state index is 0.219. The minimum atomic E-state index is -0.537. The Labute approximate surface area is 231 Å². The molecular weight excluding hydrogens is 525 g/mol. The molecule has 198 valence electrons. The van der Waals surface area contributed by atoms with Crippen molar-refractivity contribution in [2.75, 3.05) is 27.4 Å². The summed E-state index contributed by atoms with van der Waals surface area (Å²) in [5, 5.41) is 1.18. The monoisotopic (exact) mass is 553 g/mol. The van der Waals surface area contributed by atoms with Crippen molar-refractivity contribution in [3.8, 4) is 11.4 Å². The summed E-state index contributed by atoms with van der Waals surface area (Å²) in [6.45, 7) is 2.80. The predicted molar refractivity (Wildman–Crippen MR) is 151 cm³/mol. The van der Waals surface area contributed by atoms with Gasteiger partial charge in [0.2, 0.25) is 0 Å². The van der Waals surface area contributed by atoms with Crippen LogP contribution < -0.4 is 10.3 Å². The number of carbonyl (C=O) groups excluding carboxylic acids is 1. The summed E-state index contributed by atoms with van der Waals surface area (Å²) in [6.07, 6.45) is 1.09. The van der Waals surface area contributed by atoms with Gasteiger partial charge in [-0.2, -0.15) is 0 Å². The van der Waals surface area contributed by atoms with Crippen molar-refractivity contribution in [2.24, 2.45) is 0 Å². The molecule has 1 unspecified atom stereocenters. The van der Waals surface area contributed by atoms with Crippen molar-refractivity contribution in [3.63, 3.8) is 0 Å². The van der Waals surface area contributed by atoms with Gasteiger partial charge in [0.05, 0.1) is 40.3 Å². The van der Waals surface area contributed by atoms with Crippen LogP contribution in [0.4, 0.5) is 0 Å². The van der Waals surface area contributed by atoms with Crippen LogP contribution in [0.3, 0.4) is 0 Å². The van der Waals surface area contributed by atoms with Crippen molar-refractivity contribution in [1.29, 1.82) is 0 Å². The maximum Gasteiger partial charge on any atom is 0.266 e.